The quantitative estimate of drug-likeness (QED) is 0.681. The maximum Gasteiger partial charge on any atom is 0.164 e. The van der Waals surface area contributed by atoms with Gasteiger partial charge in [0.25, 0.3) is 0 Å². The summed E-state index contributed by atoms with van der Waals surface area (Å²) in [7, 11) is 0. The van der Waals surface area contributed by atoms with Crippen LogP contribution in [0.5, 0.6) is 0 Å². The van der Waals surface area contributed by atoms with E-state index in [4.69, 9.17) is 0 Å². The van der Waals surface area contributed by atoms with Crippen molar-refractivity contribution in [2.75, 3.05) is 0 Å². The number of Topliss-reactive ketones (excluding diaryl/α,β-unsaturated/α-hetero) is 2. The number of carbonyl (C=O) groups is 2. The number of hydrogen-bond acceptors (Lipinski definition) is 2. The second kappa shape index (κ2) is 9.28. The maximum atomic E-state index is 13.1. The zero-order chi connectivity index (χ0) is 18.2. The lowest BCUT2D eigenvalue weighted by atomic mass is 9.86. The van der Waals surface area contributed by atoms with Gasteiger partial charge in [-0.3, -0.25) is 9.59 Å². The molecular weight excluding hydrogens is 320 g/mol. The molecule has 0 heterocycles. The lowest BCUT2D eigenvalue weighted by Gasteiger charge is -2.16. The largest absolute Gasteiger partial charge is 0.294 e. The average Bonchev–Trinajstić information content (AvgIpc) is 2.68. The zero-order valence-corrected chi connectivity index (χ0v) is 15.2. The van der Waals surface area contributed by atoms with Crippen molar-refractivity contribution in [2.24, 2.45) is 0 Å². The molecule has 0 atom stereocenters. The number of carbonyl (C=O) groups excluding carboxylic acids is 2. The number of allylic oxidation sites excluding steroid dienone is 2. The fourth-order valence-corrected chi connectivity index (χ4v) is 3.63. The molecule has 0 spiro atoms. The molecule has 0 fully saturated rings. The highest BCUT2D eigenvalue weighted by molar-refractivity contribution is 6.40. The van der Waals surface area contributed by atoms with Gasteiger partial charge in [0.2, 0.25) is 0 Å². The topological polar surface area (TPSA) is 34.1 Å². The lowest BCUT2D eigenvalue weighted by molar-refractivity contribution is -0.115. The van der Waals surface area contributed by atoms with Crippen LogP contribution in [0, 0.1) is 0 Å². The molecule has 26 heavy (non-hydrogen) atoms. The molecule has 0 radical (unpaired) electrons. The molecule has 134 valence electrons. The first-order chi connectivity index (χ1) is 12.8. The van der Waals surface area contributed by atoms with Gasteiger partial charge < -0.3 is 0 Å². The second-order valence-electron chi connectivity index (χ2n) is 6.95. The van der Waals surface area contributed by atoms with Crippen LogP contribution in [0.15, 0.2) is 60.7 Å². The van der Waals surface area contributed by atoms with Crippen LogP contribution in [0.25, 0.3) is 11.1 Å². The van der Waals surface area contributed by atoms with Gasteiger partial charge in [0, 0.05) is 24.0 Å². The van der Waals surface area contributed by atoms with E-state index in [1.807, 2.05) is 60.7 Å². The van der Waals surface area contributed by atoms with Crippen molar-refractivity contribution in [3.8, 4) is 0 Å². The van der Waals surface area contributed by atoms with Crippen LogP contribution in [0.3, 0.4) is 0 Å². The molecule has 0 saturated carbocycles. The van der Waals surface area contributed by atoms with Gasteiger partial charge >= 0.3 is 0 Å². The van der Waals surface area contributed by atoms with Crippen LogP contribution in [-0.2, 0) is 9.59 Å². The van der Waals surface area contributed by atoms with Gasteiger partial charge in [-0.25, -0.2) is 0 Å². The molecule has 2 heteroatoms. The SMILES string of the molecule is O=C1CCCCCCCCC(=O)/C(c2ccccc2)=C\1c1ccccc1. The zero-order valence-electron chi connectivity index (χ0n) is 15.2. The first kappa shape index (κ1) is 18.3. The second-order valence-corrected chi connectivity index (χ2v) is 6.95. The van der Waals surface area contributed by atoms with Gasteiger partial charge in [0.05, 0.1) is 0 Å². The Bertz CT molecular complexity index is 705. The highest BCUT2D eigenvalue weighted by atomic mass is 16.1. The minimum Gasteiger partial charge on any atom is -0.294 e. The predicted molar refractivity (Wildman–Crippen MR) is 107 cm³/mol. The van der Waals surface area contributed by atoms with Gasteiger partial charge in [0.1, 0.15) is 0 Å². The average molecular weight is 346 g/mol. The first-order valence-corrected chi connectivity index (χ1v) is 9.69. The molecule has 0 saturated heterocycles. The van der Waals surface area contributed by atoms with Gasteiger partial charge in [-0.05, 0) is 24.0 Å². The maximum absolute atomic E-state index is 13.1. The van der Waals surface area contributed by atoms with E-state index in [2.05, 4.69) is 0 Å². The standard InChI is InChI=1S/C24H26O2/c25-21-17-11-3-1-2-4-12-18-22(26)24(20-15-9-6-10-16-20)23(21)19-13-7-5-8-14-19/h5-10,13-16H,1-4,11-12,17-18H2/b24-23-. The highest BCUT2D eigenvalue weighted by Crippen LogP contribution is 2.31. The summed E-state index contributed by atoms with van der Waals surface area (Å²) in [5, 5.41) is 0. The molecule has 0 unspecified atom stereocenters. The molecule has 3 rings (SSSR count). The lowest BCUT2D eigenvalue weighted by Crippen LogP contribution is -2.12. The summed E-state index contributed by atoms with van der Waals surface area (Å²) in [5.41, 5.74) is 2.90. The smallest absolute Gasteiger partial charge is 0.164 e. The fourth-order valence-electron chi connectivity index (χ4n) is 3.63. The van der Waals surface area contributed by atoms with Crippen LogP contribution in [0.2, 0.25) is 0 Å². The van der Waals surface area contributed by atoms with Crippen LogP contribution >= 0.6 is 0 Å². The van der Waals surface area contributed by atoms with E-state index >= 15 is 0 Å². The summed E-state index contributed by atoms with van der Waals surface area (Å²) < 4.78 is 0. The Hall–Kier alpha value is -2.48. The van der Waals surface area contributed by atoms with Crippen molar-refractivity contribution >= 4 is 22.7 Å². The molecular formula is C24H26O2. The molecule has 0 N–H and O–H groups in total. The Morgan fingerprint density at radius 3 is 1.19 bits per heavy atom. The minimum absolute atomic E-state index is 0.0870. The van der Waals surface area contributed by atoms with Gasteiger partial charge in [-0.2, -0.15) is 0 Å². The van der Waals surface area contributed by atoms with Crippen molar-refractivity contribution in [3.63, 3.8) is 0 Å². The van der Waals surface area contributed by atoms with E-state index in [9.17, 15) is 9.59 Å². The number of benzene rings is 2. The van der Waals surface area contributed by atoms with E-state index in [1.54, 1.807) is 0 Å². The van der Waals surface area contributed by atoms with Crippen molar-refractivity contribution in [1.29, 1.82) is 0 Å². The summed E-state index contributed by atoms with van der Waals surface area (Å²) in [5.74, 6) is 0.174. The fraction of sp³-hybridized carbons (Fsp3) is 0.333. The minimum atomic E-state index is 0.0870. The van der Waals surface area contributed by atoms with Crippen molar-refractivity contribution in [1.82, 2.24) is 0 Å². The summed E-state index contributed by atoms with van der Waals surface area (Å²) >= 11 is 0. The molecule has 1 aliphatic carbocycles. The predicted octanol–water partition coefficient (Wildman–Crippen LogP) is 5.87. The molecule has 0 aromatic heterocycles. The van der Waals surface area contributed by atoms with E-state index in [0.717, 1.165) is 49.7 Å². The summed E-state index contributed by atoms with van der Waals surface area (Å²) in [4.78, 5) is 26.3. The highest BCUT2D eigenvalue weighted by Gasteiger charge is 2.23. The molecule has 2 nitrogen and oxygen atoms in total. The normalized spacial score (nSPS) is 20.3. The molecule has 0 amide bonds. The summed E-state index contributed by atoms with van der Waals surface area (Å²) in [6.07, 6.45) is 7.28. The van der Waals surface area contributed by atoms with Crippen LogP contribution in [0.1, 0.15) is 62.5 Å². The number of hydrogen-bond donors (Lipinski definition) is 0. The monoisotopic (exact) mass is 346 g/mol. The molecule has 2 aromatic rings. The number of ketones is 2. The van der Waals surface area contributed by atoms with E-state index in [1.165, 1.54) is 0 Å². The van der Waals surface area contributed by atoms with Gasteiger partial charge in [0.15, 0.2) is 11.6 Å². The van der Waals surface area contributed by atoms with E-state index in [0.29, 0.717) is 24.0 Å². The third kappa shape index (κ3) is 4.57. The van der Waals surface area contributed by atoms with Crippen LogP contribution in [0.4, 0.5) is 0 Å². The Labute approximate surface area is 155 Å². The summed E-state index contributed by atoms with van der Waals surface area (Å²) in [6, 6.07) is 19.4. The van der Waals surface area contributed by atoms with Crippen molar-refractivity contribution < 1.29 is 9.59 Å². The molecule has 0 bridgehead atoms. The Kier molecular flexibility index (Phi) is 6.54. The molecule has 1 aliphatic rings. The van der Waals surface area contributed by atoms with Gasteiger partial charge in [-0.1, -0.05) is 86.3 Å². The van der Waals surface area contributed by atoms with Crippen molar-refractivity contribution in [3.05, 3.63) is 71.8 Å². The number of rotatable bonds is 2. The third-order valence-corrected chi connectivity index (χ3v) is 4.99. The third-order valence-electron chi connectivity index (χ3n) is 4.99. The van der Waals surface area contributed by atoms with Crippen LogP contribution < -0.4 is 0 Å². The Balaban J connectivity index is 2.16. The van der Waals surface area contributed by atoms with E-state index < -0.39 is 0 Å². The van der Waals surface area contributed by atoms with Crippen LogP contribution in [-0.4, -0.2) is 11.6 Å². The Morgan fingerprint density at radius 1 is 0.462 bits per heavy atom. The first-order valence-electron chi connectivity index (χ1n) is 9.69. The summed E-state index contributed by atoms with van der Waals surface area (Å²) in [6.45, 7) is 0. The molecule has 2 aromatic carbocycles. The van der Waals surface area contributed by atoms with Crippen molar-refractivity contribution in [2.45, 2.75) is 51.4 Å². The van der Waals surface area contributed by atoms with E-state index in [-0.39, 0.29) is 11.6 Å². The van der Waals surface area contributed by atoms with Gasteiger partial charge in [-0.15, -0.1) is 0 Å². The molecule has 0 aliphatic heterocycles. The Morgan fingerprint density at radius 2 is 0.808 bits per heavy atom.